The van der Waals surface area contributed by atoms with Crippen molar-refractivity contribution in [1.29, 1.82) is 0 Å². The van der Waals surface area contributed by atoms with Crippen LogP contribution in [0.4, 0.5) is 11.4 Å². The first kappa shape index (κ1) is 12.8. The molecule has 1 amide bonds. The minimum Gasteiger partial charge on any atom is -0.508 e. The van der Waals surface area contributed by atoms with Crippen molar-refractivity contribution in [3.63, 3.8) is 0 Å². The van der Waals surface area contributed by atoms with E-state index in [0.29, 0.717) is 11.4 Å². The summed E-state index contributed by atoms with van der Waals surface area (Å²) in [6, 6.07) is 10.6. The number of nitrogen functional groups attached to an aromatic ring is 1. The van der Waals surface area contributed by atoms with E-state index >= 15 is 0 Å². The van der Waals surface area contributed by atoms with Gasteiger partial charge in [-0.25, -0.2) is 0 Å². The molecule has 0 unspecified atom stereocenters. The lowest BCUT2D eigenvalue weighted by Gasteiger charge is -2.17. The van der Waals surface area contributed by atoms with Gasteiger partial charge in [0, 0.05) is 30.1 Å². The summed E-state index contributed by atoms with van der Waals surface area (Å²) >= 11 is 0. The highest BCUT2D eigenvalue weighted by atomic mass is 16.3. The van der Waals surface area contributed by atoms with Gasteiger partial charge in [-0.3, -0.25) is 4.79 Å². The van der Waals surface area contributed by atoms with Crippen LogP contribution in [-0.4, -0.2) is 23.2 Å². The number of carbonyl (C=O) groups excluding carboxylic acids is 1. The SMILES string of the molecule is CN(C(=O)c1cc(O)cc(O)c1)c1ccc(N)cc1. The summed E-state index contributed by atoms with van der Waals surface area (Å²) in [4.78, 5) is 13.6. The van der Waals surface area contributed by atoms with E-state index in [1.54, 1.807) is 31.3 Å². The molecule has 0 bridgehead atoms. The third-order valence-corrected chi connectivity index (χ3v) is 2.73. The zero-order valence-electron chi connectivity index (χ0n) is 10.4. The number of benzene rings is 2. The Kier molecular flexibility index (Phi) is 3.29. The smallest absolute Gasteiger partial charge is 0.258 e. The quantitative estimate of drug-likeness (QED) is 0.718. The third-order valence-electron chi connectivity index (χ3n) is 2.73. The van der Waals surface area contributed by atoms with Crippen LogP contribution in [0.5, 0.6) is 11.5 Å². The number of anilines is 2. The molecule has 0 aliphatic carbocycles. The van der Waals surface area contributed by atoms with Gasteiger partial charge in [0.2, 0.25) is 0 Å². The maximum Gasteiger partial charge on any atom is 0.258 e. The maximum atomic E-state index is 12.2. The van der Waals surface area contributed by atoms with Crippen molar-refractivity contribution in [2.24, 2.45) is 0 Å². The van der Waals surface area contributed by atoms with Gasteiger partial charge in [0.05, 0.1) is 0 Å². The molecule has 2 rings (SSSR count). The summed E-state index contributed by atoms with van der Waals surface area (Å²) in [6.45, 7) is 0. The highest BCUT2D eigenvalue weighted by Crippen LogP contribution is 2.23. The van der Waals surface area contributed by atoms with Gasteiger partial charge in [-0.05, 0) is 36.4 Å². The highest BCUT2D eigenvalue weighted by Gasteiger charge is 2.15. The topological polar surface area (TPSA) is 86.8 Å². The van der Waals surface area contributed by atoms with Gasteiger partial charge in [0.1, 0.15) is 11.5 Å². The van der Waals surface area contributed by atoms with Gasteiger partial charge in [-0.1, -0.05) is 0 Å². The van der Waals surface area contributed by atoms with Crippen LogP contribution >= 0.6 is 0 Å². The Labute approximate surface area is 110 Å². The van der Waals surface area contributed by atoms with Crippen molar-refractivity contribution in [2.75, 3.05) is 17.7 Å². The van der Waals surface area contributed by atoms with Gasteiger partial charge >= 0.3 is 0 Å². The molecule has 4 N–H and O–H groups in total. The Balaban J connectivity index is 2.30. The second kappa shape index (κ2) is 4.89. The normalized spacial score (nSPS) is 10.2. The van der Waals surface area contributed by atoms with E-state index in [0.717, 1.165) is 0 Å². The lowest BCUT2D eigenvalue weighted by atomic mass is 10.1. The lowest BCUT2D eigenvalue weighted by molar-refractivity contribution is 0.0992. The Bertz CT molecular complexity index is 588. The Morgan fingerprint density at radius 1 is 1.05 bits per heavy atom. The second-order valence-corrected chi connectivity index (χ2v) is 4.19. The summed E-state index contributed by atoms with van der Waals surface area (Å²) < 4.78 is 0. The van der Waals surface area contributed by atoms with Crippen LogP contribution in [-0.2, 0) is 0 Å². The van der Waals surface area contributed by atoms with E-state index in [9.17, 15) is 15.0 Å². The van der Waals surface area contributed by atoms with Gasteiger partial charge in [0.25, 0.3) is 5.91 Å². The minimum absolute atomic E-state index is 0.158. The molecule has 0 heterocycles. The molecule has 98 valence electrons. The summed E-state index contributed by atoms with van der Waals surface area (Å²) in [5.41, 5.74) is 7.07. The van der Waals surface area contributed by atoms with E-state index in [1.807, 2.05) is 0 Å². The molecule has 2 aromatic rings. The van der Waals surface area contributed by atoms with E-state index in [1.165, 1.54) is 23.1 Å². The molecule has 0 saturated carbocycles. The standard InChI is InChI=1S/C14H14N2O3/c1-16(11-4-2-10(15)3-5-11)14(19)9-6-12(17)8-13(18)7-9/h2-8,17-18H,15H2,1H3. The van der Waals surface area contributed by atoms with Crippen LogP contribution in [0.3, 0.4) is 0 Å². The average molecular weight is 258 g/mol. The maximum absolute atomic E-state index is 12.2. The first-order valence-electron chi connectivity index (χ1n) is 5.64. The van der Waals surface area contributed by atoms with Crippen LogP contribution in [0.1, 0.15) is 10.4 Å². The zero-order valence-corrected chi connectivity index (χ0v) is 10.4. The lowest BCUT2D eigenvalue weighted by Crippen LogP contribution is -2.26. The van der Waals surface area contributed by atoms with Crippen LogP contribution in [0.2, 0.25) is 0 Å². The fourth-order valence-electron chi connectivity index (χ4n) is 1.73. The first-order chi connectivity index (χ1) is 8.97. The van der Waals surface area contributed by atoms with Crippen molar-refractivity contribution in [2.45, 2.75) is 0 Å². The minimum atomic E-state index is -0.337. The summed E-state index contributed by atoms with van der Waals surface area (Å²) in [6.07, 6.45) is 0. The second-order valence-electron chi connectivity index (χ2n) is 4.19. The zero-order chi connectivity index (χ0) is 14.0. The Morgan fingerprint density at radius 2 is 1.58 bits per heavy atom. The van der Waals surface area contributed by atoms with Gasteiger partial charge in [-0.15, -0.1) is 0 Å². The molecule has 5 nitrogen and oxygen atoms in total. The first-order valence-corrected chi connectivity index (χ1v) is 5.64. The van der Waals surface area contributed by atoms with Crippen LogP contribution in [0, 0.1) is 0 Å². The molecule has 0 saturated heterocycles. The number of aromatic hydroxyl groups is 2. The number of phenolic OH excluding ortho intramolecular Hbond substituents is 2. The van der Waals surface area contributed by atoms with E-state index < -0.39 is 0 Å². The number of nitrogens with two attached hydrogens (primary N) is 1. The number of rotatable bonds is 2. The van der Waals surface area contributed by atoms with E-state index in [4.69, 9.17) is 5.73 Å². The number of phenols is 2. The molecular formula is C14H14N2O3. The molecular weight excluding hydrogens is 244 g/mol. The molecule has 0 aromatic heterocycles. The predicted molar refractivity (Wildman–Crippen MR) is 73.4 cm³/mol. The molecule has 5 heteroatoms. The highest BCUT2D eigenvalue weighted by molar-refractivity contribution is 6.06. The molecule has 0 aliphatic heterocycles. The molecule has 19 heavy (non-hydrogen) atoms. The molecule has 0 spiro atoms. The van der Waals surface area contributed by atoms with Crippen molar-refractivity contribution in [1.82, 2.24) is 0 Å². The van der Waals surface area contributed by atoms with Crippen LogP contribution < -0.4 is 10.6 Å². The Hall–Kier alpha value is -2.69. The van der Waals surface area contributed by atoms with Gasteiger partial charge < -0.3 is 20.8 Å². The van der Waals surface area contributed by atoms with E-state index in [2.05, 4.69) is 0 Å². The number of carbonyl (C=O) groups is 1. The summed E-state index contributed by atoms with van der Waals surface area (Å²) in [5, 5.41) is 18.8. The number of nitrogens with zero attached hydrogens (tertiary/aromatic N) is 1. The molecule has 0 atom stereocenters. The predicted octanol–water partition coefficient (Wildman–Crippen LogP) is 1.96. The number of hydrogen-bond acceptors (Lipinski definition) is 4. The molecule has 0 aliphatic rings. The van der Waals surface area contributed by atoms with Crippen LogP contribution in [0.25, 0.3) is 0 Å². The van der Waals surface area contributed by atoms with Crippen molar-refractivity contribution < 1.29 is 15.0 Å². The number of hydrogen-bond donors (Lipinski definition) is 3. The van der Waals surface area contributed by atoms with E-state index in [-0.39, 0.29) is 23.0 Å². The van der Waals surface area contributed by atoms with Crippen LogP contribution in [0.15, 0.2) is 42.5 Å². The van der Waals surface area contributed by atoms with Crippen molar-refractivity contribution in [3.8, 4) is 11.5 Å². The molecule has 2 aromatic carbocycles. The molecule has 0 radical (unpaired) electrons. The van der Waals surface area contributed by atoms with Gasteiger partial charge in [0.15, 0.2) is 0 Å². The summed E-state index contributed by atoms with van der Waals surface area (Å²) in [5.74, 6) is -0.654. The monoisotopic (exact) mass is 258 g/mol. The van der Waals surface area contributed by atoms with Gasteiger partial charge in [-0.2, -0.15) is 0 Å². The number of amides is 1. The average Bonchev–Trinajstić information content (AvgIpc) is 2.37. The third kappa shape index (κ3) is 2.77. The van der Waals surface area contributed by atoms with Crippen molar-refractivity contribution >= 4 is 17.3 Å². The Morgan fingerprint density at radius 3 is 2.11 bits per heavy atom. The molecule has 0 fully saturated rings. The largest absolute Gasteiger partial charge is 0.508 e. The summed E-state index contributed by atoms with van der Waals surface area (Å²) in [7, 11) is 1.61. The fraction of sp³-hybridized carbons (Fsp3) is 0.0714. The van der Waals surface area contributed by atoms with Crippen molar-refractivity contribution in [3.05, 3.63) is 48.0 Å². The fourth-order valence-corrected chi connectivity index (χ4v) is 1.73.